The van der Waals surface area contributed by atoms with Crippen molar-refractivity contribution >= 4 is 28.3 Å². The molecule has 0 aliphatic rings. The fourth-order valence-electron chi connectivity index (χ4n) is 3.63. The number of carbonyl (C=O) groups is 1. The summed E-state index contributed by atoms with van der Waals surface area (Å²) in [6.45, 7) is 9.68. The summed E-state index contributed by atoms with van der Waals surface area (Å²) in [5.74, 6) is 2.27. The van der Waals surface area contributed by atoms with E-state index in [1.54, 1.807) is 16.9 Å². The van der Waals surface area contributed by atoms with Gasteiger partial charge >= 0.3 is 0 Å². The molecule has 2 N–H and O–H groups in total. The van der Waals surface area contributed by atoms with Gasteiger partial charge in [0.1, 0.15) is 17.3 Å². The van der Waals surface area contributed by atoms with Gasteiger partial charge in [-0.25, -0.2) is 9.97 Å². The fraction of sp³-hybridized carbons (Fsp3) is 0.333. The Balaban J connectivity index is 1.67. The lowest BCUT2D eigenvalue weighted by molar-refractivity contribution is -0.124. The number of anilines is 2. The molecule has 0 saturated carbocycles. The predicted octanol–water partition coefficient (Wildman–Crippen LogP) is 4.85. The molecule has 4 rings (SSSR count). The van der Waals surface area contributed by atoms with Gasteiger partial charge < -0.3 is 20.1 Å². The summed E-state index contributed by atoms with van der Waals surface area (Å²) in [4.78, 5) is 21.8. The predicted molar refractivity (Wildman–Crippen MR) is 141 cm³/mol. The molecule has 2 aromatic carbocycles. The van der Waals surface area contributed by atoms with Crippen LogP contribution in [0.25, 0.3) is 22.3 Å². The van der Waals surface area contributed by atoms with Crippen LogP contribution in [-0.2, 0) is 11.8 Å². The SMILES string of the molecule is CC(C)Oc1ccc2nc(-c3cccc(OCC(=O)NC(C)(C)C)c3)nc(Nc3cnn(C)c3)c2c1. The minimum Gasteiger partial charge on any atom is -0.491 e. The smallest absolute Gasteiger partial charge is 0.258 e. The quantitative estimate of drug-likeness (QED) is 0.365. The van der Waals surface area contributed by atoms with Crippen LogP contribution in [0, 0.1) is 0 Å². The van der Waals surface area contributed by atoms with Gasteiger partial charge in [0, 0.05) is 29.7 Å². The zero-order valence-electron chi connectivity index (χ0n) is 21.5. The number of amides is 1. The Labute approximate surface area is 210 Å². The summed E-state index contributed by atoms with van der Waals surface area (Å²) in [5, 5.41) is 11.3. The normalized spacial score (nSPS) is 11.5. The van der Waals surface area contributed by atoms with Gasteiger partial charge in [0.15, 0.2) is 12.4 Å². The molecule has 0 saturated heterocycles. The summed E-state index contributed by atoms with van der Waals surface area (Å²) < 4.78 is 13.3. The lowest BCUT2D eigenvalue weighted by Crippen LogP contribution is -2.43. The van der Waals surface area contributed by atoms with Crippen molar-refractivity contribution in [3.05, 3.63) is 54.9 Å². The molecule has 0 aliphatic heterocycles. The highest BCUT2D eigenvalue weighted by Crippen LogP contribution is 2.31. The molecule has 0 fully saturated rings. The average Bonchev–Trinajstić information content (AvgIpc) is 3.21. The van der Waals surface area contributed by atoms with Crippen LogP contribution < -0.4 is 20.1 Å². The second-order valence-corrected chi connectivity index (χ2v) is 9.88. The Hall–Kier alpha value is -4.14. The maximum Gasteiger partial charge on any atom is 0.258 e. The number of rotatable bonds is 8. The molecule has 9 heteroatoms. The monoisotopic (exact) mass is 488 g/mol. The molecule has 0 radical (unpaired) electrons. The Morgan fingerprint density at radius 3 is 2.58 bits per heavy atom. The minimum absolute atomic E-state index is 0.0468. The highest BCUT2D eigenvalue weighted by molar-refractivity contribution is 5.93. The van der Waals surface area contributed by atoms with Crippen LogP contribution in [0.2, 0.25) is 0 Å². The van der Waals surface area contributed by atoms with Gasteiger partial charge in [0.25, 0.3) is 5.91 Å². The van der Waals surface area contributed by atoms with E-state index in [1.165, 1.54) is 0 Å². The standard InChI is InChI=1S/C27H32N6O3/c1-17(2)36-21-10-11-23-22(13-21)26(29-19-14-28-33(6)15-19)31-25(30-23)18-8-7-9-20(12-18)35-16-24(34)32-27(3,4)5/h7-15,17H,16H2,1-6H3,(H,32,34)(H,29,30,31). The van der Waals surface area contributed by atoms with Gasteiger partial charge in [-0.3, -0.25) is 9.48 Å². The van der Waals surface area contributed by atoms with Crippen LogP contribution in [0.4, 0.5) is 11.5 Å². The van der Waals surface area contributed by atoms with Crippen molar-refractivity contribution in [2.24, 2.45) is 7.05 Å². The number of aromatic nitrogens is 4. The van der Waals surface area contributed by atoms with Crippen molar-refractivity contribution in [1.82, 2.24) is 25.1 Å². The van der Waals surface area contributed by atoms with Crippen molar-refractivity contribution in [3.63, 3.8) is 0 Å². The summed E-state index contributed by atoms with van der Waals surface area (Å²) in [6.07, 6.45) is 3.66. The zero-order valence-corrected chi connectivity index (χ0v) is 21.5. The second kappa shape index (κ2) is 10.2. The first-order valence-corrected chi connectivity index (χ1v) is 11.8. The number of nitrogens with zero attached hydrogens (tertiary/aromatic N) is 4. The van der Waals surface area contributed by atoms with Gasteiger partial charge in [-0.15, -0.1) is 0 Å². The van der Waals surface area contributed by atoms with Crippen molar-refractivity contribution in [2.75, 3.05) is 11.9 Å². The Morgan fingerprint density at radius 1 is 1.08 bits per heavy atom. The lowest BCUT2D eigenvalue weighted by atomic mass is 10.1. The van der Waals surface area contributed by atoms with E-state index < -0.39 is 0 Å². The van der Waals surface area contributed by atoms with Crippen molar-refractivity contribution in [1.29, 1.82) is 0 Å². The van der Waals surface area contributed by atoms with Crippen LogP contribution in [-0.4, -0.2) is 43.9 Å². The molecule has 0 bridgehead atoms. The highest BCUT2D eigenvalue weighted by Gasteiger charge is 2.15. The highest BCUT2D eigenvalue weighted by atomic mass is 16.5. The van der Waals surface area contributed by atoms with E-state index in [-0.39, 0.29) is 24.2 Å². The van der Waals surface area contributed by atoms with Crippen LogP contribution in [0.5, 0.6) is 11.5 Å². The molecular weight excluding hydrogens is 456 g/mol. The first-order chi connectivity index (χ1) is 17.1. The number of benzene rings is 2. The number of ether oxygens (including phenoxy) is 2. The maximum atomic E-state index is 12.2. The lowest BCUT2D eigenvalue weighted by Gasteiger charge is -2.20. The molecule has 0 aliphatic carbocycles. The van der Waals surface area contributed by atoms with E-state index >= 15 is 0 Å². The van der Waals surface area contributed by atoms with Crippen LogP contribution in [0.3, 0.4) is 0 Å². The van der Waals surface area contributed by atoms with Gasteiger partial charge in [0.2, 0.25) is 0 Å². The van der Waals surface area contributed by atoms with E-state index in [0.29, 0.717) is 17.4 Å². The number of carbonyl (C=O) groups excluding carboxylic acids is 1. The molecule has 0 unspecified atom stereocenters. The average molecular weight is 489 g/mol. The molecule has 2 aromatic heterocycles. The largest absolute Gasteiger partial charge is 0.491 e. The Bertz CT molecular complexity index is 1370. The molecular formula is C27H32N6O3. The number of fused-ring (bicyclic) bond motifs is 1. The second-order valence-electron chi connectivity index (χ2n) is 9.88. The van der Waals surface area contributed by atoms with Gasteiger partial charge in [0.05, 0.1) is 23.5 Å². The van der Waals surface area contributed by atoms with Crippen LogP contribution in [0.1, 0.15) is 34.6 Å². The van der Waals surface area contributed by atoms with E-state index in [1.807, 2.05) is 84.3 Å². The van der Waals surface area contributed by atoms with Crippen molar-refractivity contribution in [2.45, 2.75) is 46.3 Å². The van der Waals surface area contributed by atoms with E-state index in [0.717, 1.165) is 27.9 Å². The molecule has 0 atom stereocenters. The molecule has 1 amide bonds. The minimum atomic E-state index is -0.320. The third-order valence-electron chi connectivity index (χ3n) is 4.98. The van der Waals surface area contributed by atoms with Crippen molar-refractivity contribution < 1.29 is 14.3 Å². The van der Waals surface area contributed by atoms with Crippen LogP contribution >= 0.6 is 0 Å². The first kappa shape index (κ1) is 25.0. The fourth-order valence-corrected chi connectivity index (χ4v) is 3.63. The summed E-state index contributed by atoms with van der Waals surface area (Å²) in [7, 11) is 1.86. The summed E-state index contributed by atoms with van der Waals surface area (Å²) >= 11 is 0. The molecule has 188 valence electrons. The molecule has 4 aromatic rings. The Kier molecular flexibility index (Phi) is 7.10. The zero-order chi connectivity index (χ0) is 25.9. The third kappa shape index (κ3) is 6.50. The summed E-state index contributed by atoms with van der Waals surface area (Å²) in [5.41, 5.74) is 2.01. The summed E-state index contributed by atoms with van der Waals surface area (Å²) in [6, 6.07) is 13.2. The van der Waals surface area contributed by atoms with Crippen molar-refractivity contribution in [3.8, 4) is 22.9 Å². The third-order valence-corrected chi connectivity index (χ3v) is 4.98. The Morgan fingerprint density at radius 2 is 1.89 bits per heavy atom. The van der Waals surface area contributed by atoms with Gasteiger partial charge in [-0.2, -0.15) is 5.10 Å². The number of aryl methyl sites for hydroxylation is 1. The van der Waals surface area contributed by atoms with E-state index in [2.05, 4.69) is 15.7 Å². The van der Waals surface area contributed by atoms with E-state index in [4.69, 9.17) is 19.4 Å². The molecule has 36 heavy (non-hydrogen) atoms. The number of hydrogen-bond donors (Lipinski definition) is 2. The molecule has 0 spiro atoms. The van der Waals surface area contributed by atoms with Gasteiger partial charge in [-0.05, 0) is 65.0 Å². The maximum absolute atomic E-state index is 12.2. The molecule has 2 heterocycles. The first-order valence-electron chi connectivity index (χ1n) is 11.8. The number of hydrogen-bond acceptors (Lipinski definition) is 7. The van der Waals surface area contributed by atoms with E-state index in [9.17, 15) is 4.79 Å². The van der Waals surface area contributed by atoms with Crippen LogP contribution in [0.15, 0.2) is 54.9 Å². The molecule has 9 nitrogen and oxygen atoms in total. The number of nitrogens with one attached hydrogen (secondary N) is 2. The van der Waals surface area contributed by atoms with Gasteiger partial charge in [-0.1, -0.05) is 12.1 Å². The topological polar surface area (TPSA) is 103 Å².